The number of ether oxygens (including phenoxy) is 1. The molecular formula is C9H12N2O4. The molecule has 2 rings (SSSR count). The first-order valence-corrected chi connectivity index (χ1v) is 4.70. The second-order valence-electron chi connectivity index (χ2n) is 3.54. The topological polar surface area (TPSA) is 84.3 Å². The number of rotatable bonds is 0. The number of fused-ring (bicyclic) bond motifs is 1. The predicted octanol–water partition coefficient (Wildman–Crippen LogP) is -0.744. The fraction of sp³-hybridized carbons (Fsp3) is 0.556. The number of aliphatic hydroxyl groups excluding tert-OH is 1. The first kappa shape index (κ1) is 10.1. The molecule has 1 aromatic rings. The van der Waals surface area contributed by atoms with Crippen molar-refractivity contribution in [2.24, 2.45) is 0 Å². The molecule has 6 heteroatoms. The van der Waals surface area contributed by atoms with Crippen molar-refractivity contribution in [1.82, 2.24) is 9.55 Å². The number of nitrogens with zero attached hydrogens (tertiary/aromatic N) is 1. The van der Waals surface area contributed by atoms with Gasteiger partial charge in [-0.3, -0.25) is 14.3 Å². The van der Waals surface area contributed by atoms with Gasteiger partial charge in [-0.15, -0.1) is 0 Å². The summed E-state index contributed by atoms with van der Waals surface area (Å²) in [6, 6.07) is 0. The van der Waals surface area contributed by atoms with Crippen molar-refractivity contribution in [3.8, 4) is 0 Å². The Morgan fingerprint density at radius 3 is 3.00 bits per heavy atom. The molecule has 2 N–H and O–H groups in total. The highest BCUT2D eigenvalue weighted by Gasteiger charge is 2.21. The Balaban J connectivity index is 2.75. The van der Waals surface area contributed by atoms with Crippen LogP contribution in [0.1, 0.15) is 23.8 Å². The van der Waals surface area contributed by atoms with Crippen molar-refractivity contribution in [2.45, 2.75) is 26.2 Å². The summed E-state index contributed by atoms with van der Waals surface area (Å²) in [6.07, 6.45) is -0.425. The van der Waals surface area contributed by atoms with E-state index in [0.717, 1.165) is 0 Å². The van der Waals surface area contributed by atoms with E-state index >= 15 is 0 Å². The Kier molecular flexibility index (Phi) is 2.45. The molecule has 0 saturated heterocycles. The highest BCUT2D eigenvalue weighted by Crippen LogP contribution is 2.19. The van der Waals surface area contributed by atoms with Gasteiger partial charge >= 0.3 is 5.69 Å². The summed E-state index contributed by atoms with van der Waals surface area (Å²) >= 11 is 0. The largest absolute Gasteiger partial charge is 0.387 e. The highest BCUT2D eigenvalue weighted by molar-refractivity contribution is 5.18. The van der Waals surface area contributed by atoms with Gasteiger partial charge in [0, 0.05) is 12.0 Å². The lowest BCUT2D eigenvalue weighted by atomic mass is 10.1. The fourth-order valence-electron chi connectivity index (χ4n) is 1.73. The van der Waals surface area contributed by atoms with Crippen LogP contribution in [0.4, 0.5) is 0 Å². The molecule has 82 valence electrons. The van der Waals surface area contributed by atoms with Crippen LogP contribution in [0.2, 0.25) is 0 Å². The Hall–Kier alpha value is -1.40. The quantitative estimate of drug-likeness (QED) is 0.593. The van der Waals surface area contributed by atoms with E-state index in [-0.39, 0.29) is 6.73 Å². The van der Waals surface area contributed by atoms with Crippen molar-refractivity contribution in [3.63, 3.8) is 0 Å². The first-order valence-electron chi connectivity index (χ1n) is 4.70. The van der Waals surface area contributed by atoms with E-state index in [1.165, 1.54) is 4.57 Å². The van der Waals surface area contributed by atoms with Gasteiger partial charge in [-0.25, -0.2) is 4.79 Å². The lowest BCUT2D eigenvalue weighted by Crippen LogP contribution is -2.35. The van der Waals surface area contributed by atoms with Crippen LogP contribution in [0.5, 0.6) is 0 Å². The van der Waals surface area contributed by atoms with E-state index in [4.69, 9.17) is 4.74 Å². The molecule has 2 heterocycles. The fourth-order valence-corrected chi connectivity index (χ4v) is 1.73. The van der Waals surface area contributed by atoms with Gasteiger partial charge in [0.05, 0.1) is 18.4 Å². The van der Waals surface area contributed by atoms with Crippen LogP contribution in [-0.4, -0.2) is 21.3 Å². The van der Waals surface area contributed by atoms with E-state index in [1.54, 1.807) is 6.92 Å². The van der Waals surface area contributed by atoms with Crippen molar-refractivity contribution < 1.29 is 9.84 Å². The Morgan fingerprint density at radius 1 is 1.53 bits per heavy atom. The van der Waals surface area contributed by atoms with Crippen LogP contribution in [0.3, 0.4) is 0 Å². The van der Waals surface area contributed by atoms with E-state index in [2.05, 4.69) is 4.98 Å². The average Bonchev–Trinajstić information content (AvgIpc) is 2.37. The molecule has 15 heavy (non-hydrogen) atoms. The lowest BCUT2D eigenvalue weighted by Gasteiger charge is -2.13. The van der Waals surface area contributed by atoms with Gasteiger partial charge in [-0.05, 0) is 6.92 Å². The van der Waals surface area contributed by atoms with Gasteiger partial charge in [0.25, 0.3) is 5.56 Å². The van der Waals surface area contributed by atoms with Crippen LogP contribution in [0.15, 0.2) is 9.59 Å². The summed E-state index contributed by atoms with van der Waals surface area (Å²) in [5.41, 5.74) is -0.261. The molecule has 1 unspecified atom stereocenters. The van der Waals surface area contributed by atoms with Crippen LogP contribution in [-0.2, 0) is 11.5 Å². The smallest absolute Gasteiger partial charge is 0.330 e. The summed E-state index contributed by atoms with van der Waals surface area (Å²) in [4.78, 5) is 25.0. The third-order valence-corrected chi connectivity index (χ3v) is 2.55. The van der Waals surface area contributed by atoms with E-state index in [1.807, 2.05) is 0 Å². The standard InChI is InChI=1S/C9H12N2O4/c1-5-7-6(12)2-3-15-4-11(7)9(14)10-8(5)13/h6,12H,2-4H2,1H3,(H,10,13,14). The molecule has 0 aromatic carbocycles. The van der Waals surface area contributed by atoms with E-state index in [0.29, 0.717) is 24.3 Å². The third-order valence-electron chi connectivity index (χ3n) is 2.55. The van der Waals surface area contributed by atoms with Gasteiger partial charge in [-0.2, -0.15) is 0 Å². The van der Waals surface area contributed by atoms with E-state index in [9.17, 15) is 14.7 Å². The summed E-state index contributed by atoms with van der Waals surface area (Å²) in [5, 5.41) is 9.78. The monoisotopic (exact) mass is 212 g/mol. The average molecular weight is 212 g/mol. The molecule has 0 aliphatic carbocycles. The number of H-pyrrole nitrogens is 1. The molecule has 1 aliphatic heterocycles. The second kappa shape index (κ2) is 3.63. The van der Waals surface area contributed by atoms with Gasteiger partial charge in [0.15, 0.2) is 0 Å². The minimum Gasteiger partial charge on any atom is -0.387 e. The molecule has 1 aromatic heterocycles. The van der Waals surface area contributed by atoms with Crippen molar-refractivity contribution in [3.05, 3.63) is 32.1 Å². The molecule has 6 nitrogen and oxygen atoms in total. The van der Waals surface area contributed by atoms with Crippen LogP contribution in [0, 0.1) is 6.92 Å². The minimum absolute atomic E-state index is 0.0723. The van der Waals surface area contributed by atoms with Gasteiger partial charge in [-0.1, -0.05) is 0 Å². The maximum Gasteiger partial charge on any atom is 0.330 e. The maximum atomic E-state index is 11.5. The highest BCUT2D eigenvalue weighted by atomic mass is 16.5. The molecule has 0 fully saturated rings. The zero-order valence-corrected chi connectivity index (χ0v) is 8.32. The summed E-state index contributed by atoms with van der Waals surface area (Å²) in [7, 11) is 0. The second-order valence-corrected chi connectivity index (χ2v) is 3.54. The van der Waals surface area contributed by atoms with Gasteiger partial charge in [0.2, 0.25) is 0 Å². The zero-order chi connectivity index (χ0) is 11.0. The molecule has 0 radical (unpaired) electrons. The minimum atomic E-state index is -0.817. The van der Waals surface area contributed by atoms with Gasteiger partial charge < -0.3 is 9.84 Å². The zero-order valence-electron chi connectivity index (χ0n) is 8.32. The van der Waals surface area contributed by atoms with Gasteiger partial charge in [0.1, 0.15) is 6.73 Å². The van der Waals surface area contributed by atoms with Crippen molar-refractivity contribution in [1.29, 1.82) is 0 Å². The third kappa shape index (κ3) is 1.62. The number of aromatic amines is 1. The van der Waals surface area contributed by atoms with Crippen molar-refractivity contribution in [2.75, 3.05) is 6.61 Å². The first-order chi connectivity index (χ1) is 7.11. The number of nitrogens with one attached hydrogen (secondary N) is 1. The Morgan fingerprint density at radius 2 is 2.27 bits per heavy atom. The number of aliphatic hydroxyl groups is 1. The van der Waals surface area contributed by atoms with Crippen LogP contribution >= 0.6 is 0 Å². The molecule has 0 bridgehead atoms. The molecule has 0 spiro atoms. The normalized spacial score (nSPS) is 20.8. The SMILES string of the molecule is Cc1c2n(c(=O)[nH]c1=O)COCCC2O. The molecule has 1 aliphatic rings. The Bertz CT molecular complexity index is 488. The molecule has 0 saturated carbocycles. The number of hydrogen-bond acceptors (Lipinski definition) is 4. The van der Waals surface area contributed by atoms with Crippen LogP contribution in [0.25, 0.3) is 0 Å². The number of aromatic nitrogens is 2. The summed E-state index contributed by atoms with van der Waals surface area (Å²) < 4.78 is 6.41. The van der Waals surface area contributed by atoms with E-state index < -0.39 is 17.4 Å². The Labute approximate surface area is 85.1 Å². The predicted molar refractivity (Wildman–Crippen MR) is 51.6 cm³/mol. The number of hydrogen-bond donors (Lipinski definition) is 2. The summed E-state index contributed by atoms with van der Waals surface area (Å²) in [5.74, 6) is 0. The summed E-state index contributed by atoms with van der Waals surface area (Å²) in [6.45, 7) is 2.03. The van der Waals surface area contributed by atoms with Crippen molar-refractivity contribution >= 4 is 0 Å². The molecule has 0 amide bonds. The van der Waals surface area contributed by atoms with Crippen LogP contribution < -0.4 is 11.2 Å². The molecular weight excluding hydrogens is 200 g/mol. The lowest BCUT2D eigenvalue weighted by molar-refractivity contribution is 0.0691. The maximum absolute atomic E-state index is 11.5. The molecule has 1 atom stereocenters.